The summed E-state index contributed by atoms with van der Waals surface area (Å²) in [5, 5.41) is 2.72. The molecule has 1 atom stereocenters. The summed E-state index contributed by atoms with van der Waals surface area (Å²) in [4.78, 5) is 12.4. The fourth-order valence-electron chi connectivity index (χ4n) is 1.93. The van der Waals surface area contributed by atoms with E-state index >= 15 is 0 Å². The van der Waals surface area contributed by atoms with E-state index in [-0.39, 0.29) is 6.61 Å². The van der Waals surface area contributed by atoms with Gasteiger partial charge in [0.2, 0.25) is 0 Å². The van der Waals surface area contributed by atoms with Crippen molar-refractivity contribution in [3.8, 4) is 0 Å². The number of hydrogen-bond donors (Lipinski definition) is 1. The fourth-order valence-corrected chi connectivity index (χ4v) is 2.45. The number of hydrogen-bond acceptors (Lipinski definition) is 3. The zero-order valence-electron chi connectivity index (χ0n) is 12.5. The van der Waals surface area contributed by atoms with Crippen LogP contribution in [-0.2, 0) is 28.9 Å². The molecule has 0 heterocycles. The molecule has 2 aromatic carbocycles. The smallest absolute Gasteiger partial charge is 0.407 e. The van der Waals surface area contributed by atoms with Crippen LogP contribution in [0.15, 0.2) is 59.5 Å². The van der Waals surface area contributed by atoms with Crippen LogP contribution >= 0.6 is 0 Å². The van der Waals surface area contributed by atoms with Gasteiger partial charge in [0.05, 0.1) is 0 Å². The van der Waals surface area contributed by atoms with Crippen LogP contribution in [0.5, 0.6) is 0 Å². The predicted molar refractivity (Wildman–Crippen MR) is 87.1 cm³/mol. The van der Waals surface area contributed by atoms with Crippen molar-refractivity contribution >= 4 is 17.3 Å². The van der Waals surface area contributed by atoms with Crippen LogP contribution in [0.25, 0.3) is 0 Å². The van der Waals surface area contributed by atoms with Gasteiger partial charge in [-0.1, -0.05) is 42.5 Å². The van der Waals surface area contributed by atoms with Gasteiger partial charge in [0, 0.05) is 6.54 Å². The molecular formula is C17H19NO3S. The molecule has 2 aromatic rings. The molecule has 0 fully saturated rings. The number of rotatable bonds is 6. The first-order valence-corrected chi connectivity index (χ1v) is 8.58. The molecule has 1 unspecified atom stereocenters. The number of benzene rings is 2. The number of nitrogens with one attached hydrogen (secondary N) is 1. The SMILES string of the molecule is C[S+]([O-])c1ccc(CCNC(=O)OCc2ccccc2)cc1. The fraction of sp³-hybridized carbons (Fsp3) is 0.235. The Labute approximate surface area is 133 Å². The van der Waals surface area contributed by atoms with Crippen molar-refractivity contribution in [1.29, 1.82) is 0 Å². The van der Waals surface area contributed by atoms with E-state index in [1.165, 1.54) is 0 Å². The highest BCUT2D eigenvalue weighted by Crippen LogP contribution is 2.10. The third-order valence-electron chi connectivity index (χ3n) is 3.15. The largest absolute Gasteiger partial charge is 0.612 e. The first-order chi connectivity index (χ1) is 10.6. The molecule has 0 aliphatic carbocycles. The van der Waals surface area contributed by atoms with Gasteiger partial charge < -0.3 is 14.6 Å². The minimum Gasteiger partial charge on any atom is -0.612 e. The Morgan fingerprint density at radius 3 is 2.41 bits per heavy atom. The van der Waals surface area contributed by atoms with Gasteiger partial charge in [-0.15, -0.1) is 0 Å². The van der Waals surface area contributed by atoms with E-state index in [9.17, 15) is 9.35 Å². The number of amides is 1. The van der Waals surface area contributed by atoms with E-state index in [1.54, 1.807) is 6.26 Å². The molecule has 0 aliphatic rings. The maximum absolute atomic E-state index is 11.6. The van der Waals surface area contributed by atoms with E-state index in [4.69, 9.17) is 4.74 Å². The topological polar surface area (TPSA) is 61.4 Å². The third-order valence-corrected chi connectivity index (χ3v) is 4.09. The van der Waals surface area contributed by atoms with Crippen molar-refractivity contribution < 1.29 is 14.1 Å². The van der Waals surface area contributed by atoms with Gasteiger partial charge in [-0.25, -0.2) is 4.79 Å². The molecular weight excluding hydrogens is 298 g/mol. The molecule has 1 N–H and O–H groups in total. The normalized spacial score (nSPS) is 11.7. The van der Waals surface area contributed by atoms with Gasteiger partial charge in [0.15, 0.2) is 4.90 Å². The molecule has 2 rings (SSSR count). The summed E-state index contributed by atoms with van der Waals surface area (Å²) in [6.07, 6.45) is 1.94. The molecule has 22 heavy (non-hydrogen) atoms. The van der Waals surface area contributed by atoms with Crippen LogP contribution in [0.4, 0.5) is 4.79 Å². The molecule has 5 heteroatoms. The summed E-state index contributed by atoms with van der Waals surface area (Å²) in [7, 11) is 0. The second kappa shape index (κ2) is 8.46. The quantitative estimate of drug-likeness (QED) is 0.833. The lowest BCUT2D eigenvalue weighted by Gasteiger charge is -2.08. The van der Waals surface area contributed by atoms with Crippen LogP contribution < -0.4 is 5.32 Å². The molecule has 4 nitrogen and oxygen atoms in total. The second-order valence-electron chi connectivity index (χ2n) is 4.84. The Balaban J connectivity index is 1.68. The first-order valence-electron chi connectivity index (χ1n) is 7.02. The minimum atomic E-state index is -0.961. The summed E-state index contributed by atoms with van der Waals surface area (Å²) in [5.74, 6) is 0. The van der Waals surface area contributed by atoms with Gasteiger partial charge in [-0.3, -0.25) is 0 Å². The number of ether oxygens (including phenoxy) is 1. The molecule has 0 saturated carbocycles. The highest BCUT2D eigenvalue weighted by Gasteiger charge is 2.05. The molecule has 0 aliphatic heterocycles. The minimum absolute atomic E-state index is 0.268. The lowest BCUT2D eigenvalue weighted by atomic mass is 10.1. The molecule has 1 amide bonds. The molecule has 0 aromatic heterocycles. The highest BCUT2D eigenvalue weighted by molar-refractivity contribution is 7.90. The average molecular weight is 317 g/mol. The van der Waals surface area contributed by atoms with Gasteiger partial charge in [-0.05, 0) is 40.9 Å². The standard InChI is InChI=1S/C17H19NO3S/c1-22(20)16-9-7-14(8-10-16)11-12-18-17(19)21-13-15-5-3-2-4-6-15/h2-10H,11-13H2,1H3,(H,18,19). The van der Waals surface area contributed by atoms with Crippen LogP contribution in [-0.4, -0.2) is 23.4 Å². The predicted octanol–water partition coefficient (Wildman–Crippen LogP) is 2.89. The molecule has 116 valence electrons. The number of carbonyl (C=O) groups is 1. The van der Waals surface area contributed by atoms with Crippen molar-refractivity contribution in [3.63, 3.8) is 0 Å². The second-order valence-corrected chi connectivity index (χ2v) is 6.22. The maximum Gasteiger partial charge on any atom is 0.407 e. The van der Waals surface area contributed by atoms with Gasteiger partial charge in [0.1, 0.15) is 12.9 Å². The Bertz CT molecular complexity index is 585. The summed E-state index contributed by atoms with van der Waals surface area (Å²) < 4.78 is 16.4. The Morgan fingerprint density at radius 1 is 1.09 bits per heavy atom. The molecule has 0 spiro atoms. The molecule has 0 bridgehead atoms. The lowest BCUT2D eigenvalue weighted by Crippen LogP contribution is -2.26. The molecule has 0 saturated heterocycles. The van der Waals surface area contributed by atoms with E-state index in [2.05, 4.69) is 5.32 Å². The van der Waals surface area contributed by atoms with Crippen LogP contribution in [0.3, 0.4) is 0 Å². The van der Waals surface area contributed by atoms with Crippen molar-refractivity contribution in [2.75, 3.05) is 12.8 Å². The summed E-state index contributed by atoms with van der Waals surface area (Å²) in [5.41, 5.74) is 2.04. The van der Waals surface area contributed by atoms with E-state index < -0.39 is 17.3 Å². The van der Waals surface area contributed by atoms with E-state index in [1.807, 2.05) is 54.6 Å². The van der Waals surface area contributed by atoms with Crippen LogP contribution in [0.2, 0.25) is 0 Å². The van der Waals surface area contributed by atoms with Crippen molar-refractivity contribution in [2.24, 2.45) is 0 Å². The van der Waals surface area contributed by atoms with E-state index in [0.29, 0.717) is 13.0 Å². The average Bonchev–Trinajstić information content (AvgIpc) is 2.54. The first kappa shape index (κ1) is 16.4. The van der Waals surface area contributed by atoms with Crippen LogP contribution in [0, 0.1) is 0 Å². The van der Waals surface area contributed by atoms with Gasteiger partial charge in [0.25, 0.3) is 0 Å². The third kappa shape index (κ3) is 5.42. The lowest BCUT2D eigenvalue weighted by molar-refractivity contribution is 0.140. The van der Waals surface area contributed by atoms with Crippen molar-refractivity contribution in [2.45, 2.75) is 17.9 Å². The highest BCUT2D eigenvalue weighted by atomic mass is 32.2. The Morgan fingerprint density at radius 2 is 1.77 bits per heavy atom. The molecule has 0 radical (unpaired) electrons. The van der Waals surface area contributed by atoms with Crippen LogP contribution in [0.1, 0.15) is 11.1 Å². The van der Waals surface area contributed by atoms with E-state index in [0.717, 1.165) is 16.0 Å². The van der Waals surface area contributed by atoms with Crippen molar-refractivity contribution in [1.82, 2.24) is 5.32 Å². The summed E-state index contributed by atoms with van der Waals surface area (Å²) >= 11 is -0.961. The number of alkyl carbamates (subject to hydrolysis) is 1. The summed E-state index contributed by atoms with van der Waals surface area (Å²) in [6, 6.07) is 17.1. The summed E-state index contributed by atoms with van der Waals surface area (Å²) in [6.45, 7) is 0.770. The Hall–Kier alpha value is -1.98. The zero-order chi connectivity index (χ0) is 15.8. The van der Waals surface area contributed by atoms with Gasteiger partial charge >= 0.3 is 6.09 Å². The zero-order valence-corrected chi connectivity index (χ0v) is 13.3. The Kier molecular flexibility index (Phi) is 6.30. The number of carbonyl (C=O) groups excluding carboxylic acids is 1. The monoisotopic (exact) mass is 317 g/mol. The maximum atomic E-state index is 11.6. The van der Waals surface area contributed by atoms with Crippen molar-refractivity contribution in [3.05, 3.63) is 65.7 Å². The van der Waals surface area contributed by atoms with Gasteiger partial charge in [-0.2, -0.15) is 0 Å².